The standard InChI is InChI=1S/C21H22N2O3S/c1-14-12-17-13-18(8-9-20(17)23(14)21(24)16-6-7-16)27(25,26)22-11-10-15-4-2-3-5-19(15)22/h2-5,8-9,13-14,16H,6-7,10-12H2,1H3. The van der Waals surface area contributed by atoms with Crippen LogP contribution in [0.25, 0.3) is 0 Å². The van der Waals surface area contributed by atoms with E-state index in [2.05, 4.69) is 0 Å². The minimum absolute atomic E-state index is 0.0820. The number of amides is 1. The molecule has 0 bridgehead atoms. The molecule has 2 aliphatic heterocycles. The van der Waals surface area contributed by atoms with Gasteiger partial charge in [0.05, 0.1) is 10.6 Å². The first-order valence-electron chi connectivity index (χ1n) is 9.53. The quantitative estimate of drug-likeness (QED) is 0.820. The van der Waals surface area contributed by atoms with Crippen LogP contribution in [-0.4, -0.2) is 26.9 Å². The van der Waals surface area contributed by atoms with E-state index in [9.17, 15) is 13.2 Å². The summed E-state index contributed by atoms with van der Waals surface area (Å²) in [6.07, 6.45) is 3.38. The van der Waals surface area contributed by atoms with Crippen LogP contribution in [0.3, 0.4) is 0 Å². The van der Waals surface area contributed by atoms with Crippen molar-refractivity contribution in [3.8, 4) is 0 Å². The molecule has 0 aromatic heterocycles. The Labute approximate surface area is 159 Å². The topological polar surface area (TPSA) is 57.7 Å². The fourth-order valence-electron chi connectivity index (χ4n) is 4.32. The molecule has 1 atom stereocenters. The highest BCUT2D eigenvalue weighted by atomic mass is 32.2. The molecule has 0 radical (unpaired) electrons. The summed E-state index contributed by atoms with van der Waals surface area (Å²) < 4.78 is 28.0. The van der Waals surface area contributed by atoms with E-state index < -0.39 is 10.0 Å². The van der Waals surface area contributed by atoms with E-state index in [1.807, 2.05) is 42.2 Å². The summed E-state index contributed by atoms with van der Waals surface area (Å²) in [7, 11) is -3.60. The molecular weight excluding hydrogens is 360 g/mol. The Hall–Kier alpha value is -2.34. The van der Waals surface area contributed by atoms with Crippen molar-refractivity contribution in [1.82, 2.24) is 0 Å². The molecule has 1 saturated carbocycles. The zero-order valence-electron chi connectivity index (χ0n) is 15.3. The van der Waals surface area contributed by atoms with Crippen LogP contribution in [0.15, 0.2) is 47.4 Å². The van der Waals surface area contributed by atoms with Gasteiger partial charge in [-0.15, -0.1) is 0 Å². The van der Waals surface area contributed by atoms with E-state index in [-0.39, 0.29) is 17.9 Å². The molecule has 5 rings (SSSR count). The van der Waals surface area contributed by atoms with Gasteiger partial charge >= 0.3 is 0 Å². The number of hydrogen-bond acceptors (Lipinski definition) is 3. The summed E-state index contributed by atoms with van der Waals surface area (Å²) in [4.78, 5) is 14.8. The monoisotopic (exact) mass is 382 g/mol. The normalized spacial score (nSPS) is 21.3. The SMILES string of the molecule is CC1Cc2cc(S(=O)(=O)N3CCc4ccccc43)ccc2N1C(=O)C1CC1. The van der Waals surface area contributed by atoms with Crippen molar-refractivity contribution in [2.24, 2.45) is 5.92 Å². The second kappa shape index (κ2) is 5.83. The van der Waals surface area contributed by atoms with Crippen LogP contribution in [0.1, 0.15) is 30.9 Å². The second-order valence-electron chi connectivity index (χ2n) is 7.78. The summed E-state index contributed by atoms with van der Waals surface area (Å²) in [5.74, 6) is 0.341. The highest BCUT2D eigenvalue weighted by molar-refractivity contribution is 7.92. The highest BCUT2D eigenvalue weighted by Crippen LogP contribution is 2.40. The van der Waals surface area contributed by atoms with Crippen molar-refractivity contribution in [2.45, 2.75) is 43.5 Å². The largest absolute Gasteiger partial charge is 0.309 e. The highest BCUT2D eigenvalue weighted by Gasteiger charge is 2.40. The minimum Gasteiger partial charge on any atom is -0.309 e. The third-order valence-corrected chi connectivity index (χ3v) is 7.67. The zero-order valence-corrected chi connectivity index (χ0v) is 16.1. The van der Waals surface area contributed by atoms with Crippen molar-refractivity contribution >= 4 is 27.3 Å². The van der Waals surface area contributed by atoms with Crippen LogP contribution in [0.4, 0.5) is 11.4 Å². The Balaban J connectivity index is 1.51. The van der Waals surface area contributed by atoms with Crippen LogP contribution in [0.5, 0.6) is 0 Å². The van der Waals surface area contributed by atoms with Gasteiger partial charge in [-0.25, -0.2) is 8.42 Å². The molecule has 0 spiro atoms. The number of para-hydroxylation sites is 1. The van der Waals surface area contributed by atoms with Gasteiger partial charge in [-0.2, -0.15) is 0 Å². The summed E-state index contributed by atoms with van der Waals surface area (Å²) >= 11 is 0. The van der Waals surface area contributed by atoms with E-state index in [1.165, 1.54) is 4.31 Å². The predicted octanol–water partition coefficient (Wildman–Crippen LogP) is 3.13. The average Bonchev–Trinajstić information content (AvgIpc) is 3.32. The Kier molecular flexibility index (Phi) is 3.63. The van der Waals surface area contributed by atoms with Crippen molar-refractivity contribution in [2.75, 3.05) is 15.7 Å². The van der Waals surface area contributed by atoms with E-state index in [1.54, 1.807) is 12.1 Å². The summed E-state index contributed by atoms with van der Waals surface area (Å²) in [6.45, 7) is 2.51. The fourth-order valence-corrected chi connectivity index (χ4v) is 5.87. The second-order valence-corrected chi connectivity index (χ2v) is 9.64. The zero-order chi connectivity index (χ0) is 18.8. The molecule has 140 valence electrons. The van der Waals surface area contributed by atoms with Crippen molar-refractivity contribution < 1.29 is 13.2 Å². The lowest BCUT2D eigenvalue weighted by Gasteiger charge is -2.23. The molecule has 2 aromatic carbocycles. The molecule has 0 saturated heterocycles. The molecule has 1 aliphatic carbocycles. The minimum atomic E-state index is -3.60. The lowest BCUT2D eigenvalue weighted by Crippen LogP contribution is -2.36. The van der Waals surface area contributed by atoms with E-state index in [0.717, 1.165) is 41.8 Å². The first kappa shape index (κ1) is 16.8. The Morgan fingerprint density at radius 3 is 2.59 bits per heavy atom. The van der Waals surface area contributed by atoms with Crippen molar-refractivity contribution in [3.05, 3.63) is 53.6 Å². The number of benzene rings is 2. The number of fused-ring (bicyclic) bond motifs is 2. The molecule has 6 heteroatoms. The number of carbonyl (C=O) groups excluding carboxylic acids is 1. The fraction of sp³-hybridized carbons (Fsp3) is 0.381. The van der Waals surface area contributed by atoms with Crippen molar-refractivity contribution in [3.63, 3.8) is 0 Å². The molecule has 5 nitrogen and oxygen atoms in total. The maximum atomic E-state index is 13.3. The molecule has 1 fully saturated rings. The van der Waals surface area contributed by atoms with Gasteiger partial charge in [0.1, 0.15) is 0 Å². The molecule has 1 amide bonds. The van der Waals surface area contributed by atoms with Gasteiger partial charge in [-0.05, 0) is 68.0 Å². The first-order valence-corrected chi connectivity index (χ1v) is 11.0. The van der Waals surface area contributed by atoms with E-state index >= 15 is 0 Å². The molecule has 0 N–H and O–H groups in total. The number of hydrogen-bond donors (Lipinski definition) is 0. The number of rotatable bonds is 3. The van der Waals surface area contributed by atoms with Gasteiger partial charge < -0.3 is 4.90 Å². The molecule has 2 aromatic rings. The smallest absolute Gasteiger partial charge is 0.264 e. The van der Waals surface area contributed by atoms with Gasteiger partial charge in [-0.1, -0.05) is 18.2 Å². The Bertz CT molecular complexity index is 1040. The van der Waals surface area contributed by atoms with Gasteiger partial charge in [0.25, 0.3) is 10.0 Å². The van der Waals surface area contributed by atoms with Crippen LogP contribution in [0, 0.1) is 5.92 Å². The van der Waals surface area contributed by atoms with Crippen LogP contribution >= 0.6 is 0 Å². The predicted molar refractivity (Wildman–Crippen MR) is 104 cm³/mol. The number of nitrogens with zero attached hydrogens (tertiary/aromatic N) is 2. The van der Waals surface area contributed by atoms with Gasteiger partial charge in [0, 0.05) is 24.2 Å². The average molecular weight is 382 g/mol. The van der Waals surface area contributed by atoms with Gasteiger partial charge in [0.15, 0.2) is 0 Å². The first-order chi connectivity index (χ1) is 13.0. The Morgan fingerprint density at radius 2 is 1.81 bits per heavy atom. The van der Waals surface area contributed by atoms with Gasteiger partial charge in [0.2, 0.25) is 5.91 Å². The van der Waals surface area contributed by atoms with Crippen LogP contribution in [-0.2, 0) is 27.7 Å². The van der Waals surface area contributed by atoms with E-state index in [4.69, 9.17) is 0 Å². The van der Waals surface area contributed by atoms with E-state index in [0.29, 0.717) is 17.9 Å². The summed E-state index contributed by atoms with van der Waals surface area (Å²) in [5, 5.41) is 0. The Morgan fingerprint density at radius 1 is 1.04 bits per heavy atom. The third-order valence-electron chi connectivity index (χ3n) is 5.86. The van der Waals surface area contributed by atoms with Gasteiger partial charge in [-0.3, -0.25) is 9.10 Å². The van der Waals surface area contributed by atoms with Crippen molar-refractivity contribution in [1.29, 1.82) is 0 Å². The molecule has 2 heterocycles. The lowest BCUT2D eigenvalue weighted by molar-refractivity contribution is -0.120. The molecule has 1 unspecified atom stereocenters. The molecule has 3 aliphatic rings. The van der Waals surface area contributed by atoms with Crippen LogP contribution in [0.2, 0.25) is 0 Å². The molecule has 27 heavy (non-hydrogen) atoms. The maximum absolute atomic E-state index is 13.3. The maximum Gasteiger partial charge on any atom is 0.264 e. The summed E-state index contributed by atoms with van der Waals surface area (Å²) in [6, 6.07) is 13.0. The third kappa shape index (κ3) is 2.57. The number of carbonyl (C=O) groups is 1. The number of sulfonamides is 1. The van der Waals surface area contributed by atoms with Crippen LogP contribution < -0.4 is 9.21 Å². The lowest BCUT2D eigenvalue weighted by atomic mass is 10.1. The summed E-state index contributed by atoms with van der Waals surface area (Å²) in [5.41, 5.74) is 3.67. The number of anilines is 2. The molecular formula is C21H22N2O3S.